The van der Waals surface area contributed by atoms with Crippen LogP contribution in [0.3, 0.4) is 0 Å². The van der Waals surface area contributed by atoms with Gasteiger partial charge in [0.15, 0.2) is 0 Å². The van der Waals surface area contributed by atoms with Crippen molar-refractivity contribution in [2.45, 2.75) is 116 Å². The largest absolute Gasteiger partial charge is 0.378 e. The van der Waals surface area contributed by atoms with E-state index in [0.29, 0.717) is 12.1 Å². The van der Waals surface area contributed by atoms with Crippen LogP contribution in [0.1, 0.15) is 64.2 Å². The quantitative estimate of drug-likeness (QED) is 0.152. The molecule has 0 heterocycles. The molecule has 268 valence electrons. The van der Waals surface area contributed by atoms with Gasteiger partial charge in [-0.25, -0.2) is 0 Å². The Kier molecular flexibility index (Phi) is 10.8. The van der Waals surface area contributed by atoms with Crippen molar-refractivity contribution in [3.05, 3.63) is 72.8 Å². The highest BCUT2D eigenvalue weighted by Crippen LogP contribution is 2.44. The van der Waals surface area contributed by atoms with E-state index in [4.69, 9.17) is 0 Å². The molecule has 6 heteroatoms. The van der Waals surface area contributed by atoms with Crippen LogP contribution in [0.5, 0.6) is 0 Å². The van der Waals surface area contributed by atoms with E-state index in [-0.39, 0.29) is 0 Å². The van der Waals surface area contributed by atoms with Gasteiger partial charge in [-0.15, -0.1) is 0 Å². The molecule has 0 unspecified atom stereocenters. The van der Waals surface area contributed by atoms with Gasteiger partial charge in [0.05, 0.1) is 16.1 Å². The molecular weight excluding hydrogens is 641 g/mol. The van der Waals surface area contributed by atoms with Gasteiger partial charge in [0, 0.05) is 85.2 Å². The van der Waals surface area contributed by atoms with Gasteiger partial charge in [-0.2, -0.15) is 0 Å². The molecule has 0 aliphatic heterocycles. The van der Waals surface area contributed by atoms with Crippen LogP contribution >= 0.6 is 0 Å². The molecule has 50 heavy (non-hydrogen) atoms. The summed E-state index contributed by atoms with van der Waals surface area (Å²) in [5.41, 5.74) is 8.03. The van der Waals surface area contributed by atoms with Crippen molar-refractivity contribution < 1.29 is 0 Å². The zero-order chi connectivity index (χ0) is 35.8. The number of anilines is 6. The summed E-state index contributed by atoms with van der Waals surface area (Å²) in [6.07, 6.45) is 13.0. The van der Waals surface area contributed by atoms with Crippen molar-refractivity contribution in [1.29, 1.82) is 0 Å². The van der Waals surface area contributed by atoms with E-state index in [0.717, 1.165) is 0 Å². The predicted molar refractivity (Wildman–Crippen MR) is 229 cm³/mol. The summed E-state index contributed by atoms with van der Waals surface area (Å²) in [4.78, 5) is 10.0. The fourth-order valence-electron chi connectivity index (χ4n) is 8.28. The first-order valence-corrected chi connectivity index (χ1v) is 26.5. The molecule has 6 rings (SSSR count). The van der Waals surface area contributed by atoms with Crippen molar-refractivity contribution in [3.8, 4) is 0 Å². The molecular formula is C44H64N4Si2. The molecule has 0 atom stereocenters. The Morgan fingerprint density at radius 2 is 0.720 bits per heavy atom. The highest BCUT2D eigenvalue weighted by molar-refractivity contribution is 6.89. The summed E-state index contributed by atoms with van der Waals surface area (Å²) >= 11 is 0. The fraction of sp³-hybridized carbons (Fsp3) is 0.500. The van der Waals surface area contributed by atoms with Crippen molar-refractivity contribution in [2.24, 2.45) is 0 Å². The standard InChI is InChI=1S/C44H64N4Si2/c1-45(2)33-21-25-37(26-22-33)47(35-17-13-11-14-18-35)43-31-39(49(5,6)7)30-42-41(43)29-40(50(8,9)10)32-44(42)48(36-19-15-12-16-20-36)38-27-23-34(24-28-38)46(3)4/h21-32,35-36H,11-20H2,1-10H3. The lowest BCUT2D eigenvalue weighted by Gasteiger charge is -2.40. The Bertz CT molecular complexity index is 1610. The highest BCUT2D eigenvalue weighted by Gasteiger charge is 2.32. The molecule has 2 fully saturated rings. The Morgan fingerprint density at radius 1 is 0.420 bits per heavy atom. The minimum absolute atomic E-state index is 0.501. The van der Waals surface area contributed by atoms with Crippen LogP contribution in [0.2, 0.25) is 39.3 Å². The minimum atomic E-state index is -1.70. The molecule has 0 aromatic heterocycles. The third-order valence-electron chi connectivity index (χ3n) is 11.4. The van der Waals surface area contributed by atoms with Gasteiger partial charge in [0.1, 0.15) is 0 Å². The Labute approximate surface area is 306 Å². The van der Waals surface area contributed by atoms with Gasteiger partial charge in [-0.1, -0.05) is 100 Å². The highest BCUT2D eigenvalue weighted by atomic mass is 28.3. The average molecular weight is 705 g/mol. The molecule has 2 aliphatic carbocycles. The molecule has 0 radical (unpaired) electrons. The summed E-state index contributed by atoms with van der Waals surface area (Å²) < 4.78 is 0. The number of fused-ring (bicyclic) bond motifs is 1. The SMILES string of the molecule is CN(C)c1ccc(N(c2cc([Si](C)(C)C)cc3c(N(c4ccc(N(C)C)cc4)C4CCCCC4)cc([Si](C)(C)C)cc23)C2CCCCC2)cc1. The maximum absolute atomic E-state index is 2.79. The van der Waals surface area contributed by atoms with Gasteiger partial charge in [-0.05, 0) is 86.3 Å². The maximum Gasteiger partial charge on any atom is 0.0777 e. The number of nitrogens with zero attached hydrogens (tertiary/aromatic N) is 4. The molecule has 2 saturated carbocycles. The summed E-state index contributed by atoms with van der Waals surface area (Å²) in [5.74, 6) is 0. The topological polar surface area (TPSA) is 13.0 Å². The first-order valence-electron chi connectivity index (χ1n) is 19.5. The van der Waals surface area contributed by atoms with Crippen LogP contribution < -0.4 is 30.0 Å². The zero-order valence-electron chi connectivity index (χ0n) is 32.9. The van der Waals surface area contributed by atoms with Crippen LogP contribution in [0, 0.1) is 0 Å². The minimum Gasteiger partial charge on any atom is -0.378 e. The van der Waals surface area contributed by atoms with E-state index < -0.39 is 16.1 Å². The van der Waals surface area contributed by atoms with Crippen LogP contribution in [-0.2, 0) is 0 Å². The third kappa shape index (κ3) is 7.82. The smallest absolute Gasteiger partial charge is 0.0777 e. The second-order valence-corrected chi connectivity index (χ2v) is 27.9. The van der Waals surface area contributed by atoms with Crippen molar-refractivity contribution in [2.75, 3.05) is 47.8 Å². The van der Waals surface area contributed by atoms with Crippen LogP contribution in [0.4, 0.5) is 34.1 Å². The average Bonchev–Trinajstić information content (AvgIpc) is 3.09. The van der Waals surface area contributed by atoms with E-state index in [1.165, 1.54) is 109 Å². The predicted octanol–water partition coefficient (Wildman–Crippen LogP) is 11.0. The lowest BCUT2D eigenvalue weighted by molar-refractivity contribution is 0.436. The van der Waals surface area contributed by atoms with Crippen molar-refractivity contribution in [1.82, 2.24) is 0 Å². The monoisotopic (exact) mass is 704 g/mol. The van der Waals surface area contributed by atoms with E-state index in [9.17, 15) is 0 Å². The first-order chi connectivity index (χ1) is 23.7. The van der Waals surface area contributed by atoms with Gasteiger partial charge in [0.25, 0.3) is 0 Å². The van der Waals surface area contributed by atoms with Gasteiger partial charge < -0.3 is 19.6 Å². The summed E-state index contributed by atoms with van der Waals surface area (Å²) in [7, 11) is 5.18. The van der Waals surface area contributed by atoms with E-state index in [1.54, 1.807) is 10.4 Å². The Morgan fingerprint density at radius 3 is 1.00 bits per heavy atom. The van der Waals surface area contributed by atoms with Crippen molar-refractivity contribution in [3.63, 3.8) is 0 Å². The first kappa shape index (κ1) is 36.6. The van der Waals surface area contributed by atoms with E-state index in [2.05, 4.69) is 160 Å². The lowest BCUT2D eigenvalue weighted by Crippen LogP contribution is -2.41. The van der Waals surface area contributed by atoms with Gasteiger partial charge >= 0.3 is 0 Å². The van der Waals surface area contributed by atoms with Crippen molar-refractivity contribution >= 4 is 71.4 Å². The second kappa shape index (κ2) is 14.8. The van der Waals surface area contributed by atoms with Gasteiger partial charge in [-0.3, -0.25) is 0 Å². The third-order valence-corrected chi connectivity index (χ3v) is 15.5. The van der Waals surface area contributed by atoms with Gasteiger partial charge in [0.2, 0.25) is 0 Å². The fourth-order valence-corrected chi connectivity index (χ4v) is 10.6. The number of benzene rings is 4. The molecule has 0 saturated heterocycles. The zero-order valence-corrected chi connectivity index (χ0v) is 34.9. The number of hydrogen-bond acceptors (Lipinski definition) is 4. The molecule has 4 nitrogen and oxygen atoms in total. The number of rotatable bonds is 10. The summed E-state index contributed by atoms with van der Waals surface area (Å²) in [6, 6.07) is 30.4. The molecule has 0 bridgehead atoms. The molecule has 0 spiro atoms. The molecule has 4 aromatic carbocycles. The lowest BCUT2D eigenvalue weighted by atomic mass is 9.91. The Balaban J connectivity index is 1.68. The van der Waals surface area contributed by atoms with Crippen LogP contribution in [-0.4, -0.2) is 56.4 Å². The normalized spacial score (nSPS) is 16.4. The number of hydrogen-bond donors (Lipinski definition) is 0. The maximum atomic E-state index is 2.79. The summed E-state index contributed by atoms with van der Waals surface area (Å²) in [6.45, 7) is 15.2. The van der Waals surface area contributed by atoms with Crippen LogP contribution in [0.15, 0.2) is 72.8 Å². The molecule has 4 aromatic rings. The molecule has 2 aliphatic rings. The molecule has 0 amide bonds. The second-order valence-electron chi connectivity index (χ2n) is 17.7. The van der Waals surface area contributed by atoms with E-state index in [1.807, 2.05) is 0 Å². The summed E-state index contributed by atoms with van der Waals surface area (Å²) in [5, 5.41) is 5.99. The molecule has 0 N–H and O–H groups in total. The van der Waals surface area contributed by atoms with E-state index >= 15 is 0 Å². The Hall–Kier alpha value is -3.23. The van der Waals surface area contributed by atoms with Crippen LogP contribution in [0.25, 0.3) is 10.8 Å².